The fraction of sp³-hybridized carbons (Fsp3) is 0.214. The first-order valence-corrected chi connectivity index (χ1v) is 7.14. The highest BCUT2D eigenvalue weighted by Gasteiger charge is 2.20. The molecule has 5 nitrogen and oxygen atoms in total. The van der Waals surface area contributed by atoms with Gasteiger partial charge in [0.05, 0.1) is 9.82 Å². The molecular weight excluding hydrogens is 274 g/mol. The standard InChI is InChI=1S/C14H15N3O2S/c1-2-9-15-11-6-5-7-12(14(11)17(18)19)20-13-8-3-4-10-16-13/h3-8,10,15H,2,9H2,1H3. The molecule has 20 heavy (non-hydrogen) atoms. The second-order valence-corrected chi connectivity index (χ2v) is 5.17. The van der Waals surface area contributed by atoms with Gasteiger partial charge in [-0.05, 0) is 30.7 Å². The Morgan fingerprint density at radius 2 is 2.15 bits per heavy atom. The minimum absolute atomic E-state index is 0.108. The van der Waals surface area contributed by atoms with Crippen molar-refractivity contribution in [2.45, 2.75) is 23.3 Å². The molecule has 0 fully saturated rings. The number of hydrogen-bond acceptors (Lipinski definition) is 5. The Kier molecular flexibility index (Phi) is 4.95. The van der Waals surface area contributed by atoms with Crippen molar-refractivity contribution in [1.82, 2.24) is 4.98 Å². The van der Waals surface area contributed by atoms with Crippen molar-refractivity contribution < 1.29 is 4.92 Å². The molecule has 0 bridgehead atoms. The van der Waals surface area contributed by atoms with Crippen molar-refractivity contribution in [2.24, 2.45) is 0 Å². The van der Waals surface area contributed by atoms with Crippen LogP contribution in [-0.2, 0) is 0 Å². The third kappa shape index (κ3) is 3.48. The van der Waals surface area contributed by atoms with Crippen LogP contribution in [0.3, 0.4) is 0 Å². The first kappa shape index (κ1) is 14.3. The maximum absolute atomic E-state index is 11.3. The highest BCUT2D eigenvalue weighted by molar-refractivity contribution is 7.99. The molecule has 0 saturated heterocycles. The lowest BCUT2D eigenvalue weighted by atomic mass is 10.2. The Hall–Kier alpha value is -2.08. The zero-order valence-corrected chi connectivity index (χ0v) is 11.9. The van der Waals surface area contributed by atoms with Gasteiger partial charge in [-0.15, -0.1) is 0 Å². The molecule has 0 amide bonds. The average molecular weight is 289 g/mol. The fourth-order valence-corrected chi connectivity index (χ4v) is 2.63. The summed E-state index contributed by atoms with van der Waals surface area (Å²) in [6, 6.07) is 10.8. The second-order valence-electron chi connectivity index (χ2n) is 4.11. The number of benzene rings is 1. The Morgan fingerprint density at radius 1 is 1.30 bits per heavy atom. The summed E-state index contributed by atoms with van der Waals surface area (Å²) in [5.74, 6) is 0. The van der Waals surface area contributed by atoms with E-state index in [1.807, 2.05) is 31.2 Å². The van der Waals surface area contributed by atoms with E-state index in [2.05, 4.69) is 10.3 Å². The van der Waals surface area contributed by atoms with Crippen molar-refractivity contribution in [3.8, 4) is 0 Å². The minimum Gasteiger partial charge on any atom is -0.379 e. The van der Waals surface area contributed by atoms with Crippen molar-refractivity contribution in [1.29, 1.82) is 0 Å². The Morgan fingerprint density at radius 3 is 2.80 bits per heavy atom. The summed E-state index contributed by atoms with van der Waals surface area (Å²) in [5, 5.41) is 15.2. The number of para-hydroxylation sites is 1. The third-order valence-electron chi connectivity index (χ3n) is 2.60. The molecular formula is C14H15N3O2S. The number of nitro groups is 1. The van der Waals surface area contributed by atoms with Gasteiger partial charge in [0.25, 0.3) is 0 Å². The average Bonchev–Trinajstić information content (AvgIpc) is 2.46. The van der Waals surface area contributed by atoms with Crippen LogP contribution in [0.1, 0.15) is 13.3 Å². The van der Waals surface area contributed by atoms with Gasteiger partial charge in [0.15, 0.2) is 0 Å². The molecule has 0 radical (unpaired) electrons. The molecule has 0 aliphatic heterocycles. The summed E-state index contributed by atoms with van der Waals surface area (Å²) in [5.41, 5.74) is 0.661. The van der Waals surface area contributed by atoms with Crippen LogP contribution in [0.2, 0.25) is 0 Å². The molecule has 2 aromatic rings. The Labute approximate surface area is 121 Å². The van der Waals surface area contributed by atoms with Gasteiger partial charge in [0, 0.05) is 12.7 Å². The van der Waals surface area contributed by atoms with Crippen molar-refractivity contribution in [2.75, 3.05) is 11.9 Å². The van der Waals surface area contributed by atoms with Crippen LogP contribution in [-0.4, -0.2) is 16.5 Å². The number of anilines is 1. The summed E-state index contributed by atoms with van der Waals surface area (Å²) in [6.45, 7) is 2.73. The van der Waals surface area contributed by atoms with E-state index in [9.17, 15) is 10.1 Å². The number of rotatable bonds is 6. The first-order chi connectivity index (χ1) is 9.72. The van der Waals surface area contributed by atoms with E-state index in [1.54, 1.807) is 18.3 Å². The van der Waals surface area contributed by atoms with Gasteiger partial charge in [0.2, 0.25) is 0 Å². The number of nitrogens with one attached hydrogen (secondary N) is 1. The quantitative estimate of drug-likeness (QED) is 0.644. The van der Waals surface area contributed by atoms with Crippen LogP contribution in [0.25, 0.3) is 0 Å². The number of hydrogen-bond donors (Lipinski definition) is 1. The van der Waals surface area contributed by atoms with Crippen LogP contribution in [0.5, 0.6) is 0 Å². The Bertz CT molecular complexity index is 590. The van der Waals surface area contributed by atoms with Gasteiger partial charge in [-0.25, -0.2) is 4.98 Å². The van der Waals surface area contributed by atoms with Crippen molar-refractivity contribution in [3.05, 3.63) is 52.7 Å². The van der Waals surface area contributed by atoms with Gasteiger partial charge < -0.3 is 5.32 Å². The van der Waals surface area contributed by atoms with Crippen molar-refractivity contribution in [3.63, 3.8) is 0 Å². The van der Waals surface area contributed by atoms with Gasteiger partial charge in [-0.3, -0.25) is 10.1 Å². The SMILES string of the molecule is CCCNc1cccc(Sc2ccccn2)c1[N+](=O)[O-]. The lowest BCUT2D eigenvalue weighted by Gasteiger charge is -2.08. The third-order valence-corrected chi connectivity index (χ3v) is 3.60. The zero-order valence-electron chi connectivity index (χ0n) is 11.1. The molecule has 0 aliphatic carbocycles. The molecule has 0 spiro atoms. The molecule has 6 heteroatoms. The van der Waals surface area contributed by atoms with Crippen LogP contribution >= 0.6 is 11.8 Å². The maximum Gasteiger partial charge on any atom is 0.306 e. The smallest absolute Gasteiger partial charge is 0.306 e. The number of nitro benzene ring substituents is 1. The predicted octanol–water partition coefficient (Wildman–Crippen LogP) is 3.96. The summed E-state index contributed by atoms with van der Waals surface area (Å²) in [4.78, 5) is 15.8. The van der Waals surface area contributed by atoms with E-state index in [-0.39, 0.29) is 10.6 Å². The van der Waals surface area contributed by atoms with E-state index in [0.29, 0.717) is 17.1 Å². The summed E-state index contributed by atoms with van der Waals surface area (Å²) < 4.78 is 0. The maximum atomic E-state index is 11.3. The molecule has 1 N–H and O–H groups in total. The first-order valence-electron chi connectivity index (χ1n) is 6.32. The topological polar surface area (TPSA) is 68.1 Å². The monoisotopic (exact) mass is 289 g/mol. The fourth-order valence-electron chi connectivity index (χ4n) is 1.72. The number of aromatic nitrogens is 1. The lowest BCUT2D eigenvalue weighted by Crippen LogP contribution is -2.04. The van der Waals surface area contributed by atoms with E-state index < -0.39 is 0 Å². The van der Waals surface area contributed by atoms with E-state index >= 15 is 0 Å². The highest BCUT2D eigenvalue weighted by Crippen LogP contribution is 2.38. The molecule has 1 heterocycles. The molecule has 2 rings (SSSR count). The van der Waals surface area contributed by atoms with Gasteiger partial charge in [0.1, 0.15) is 10.7 Å². The number of pyridine rings is 1. The van der Waals surface area contributed by atoms with Crippen LogP contribution in [0.4, 0.5) is 11.4 Å². The molecule has 104 valence electrons. The van der Waals surface area contributed by atoms with E-state index in [0.717, 1.165) is 11.4 Å². The minimum atomic E-state index is -0.344. The van der Waals surface area contributed by atoms with Crippen molar-refractivity contribution >= 4 is 23.1 Å². The molecule has 0 unspecified atom stereocenters. The lowest BCUT2D eigenvalue weighted by molar-refractivity contribution is -0.386. The molecule has 0 saturated carbocycles. The largest absolute Gasteiger partial charge is 0.379 e. The van der Waals surface area contributed by atoms with Gasteiger partial charge in [-0.1, -0.05) is 30.8 Å². The predicted molar refractivity (Wildman–Crippen MR) is 80.2 cm³/mol. The summed E-state index contributed by atoms with van der Waals surface area (Å²) >= 11 is 1.30. The second kappa shape index (κ2) is 6.91. The van der Waals surface area contributed by atoms with E-state index in [1.165, 1.54) is 11.8 Å². The van der Waals surface area contributed by atoms with Crippen LogP contribution in [0, 0.1) is 10.1 Å². The molecule has 1 aromatic heterocycles. The van der Waals surface area contributed by atoms with Gasteiger partial charge >= 0.3 is 5.69 Å². The van der Waals surface area contributed by atoms with E-state index in [4.69, 9.17) is 0 Å². The molecule has 0 aliphatic rings. The van der Waals surface area contributed by atoms with Crippen LogP contribution < -0.4 is 5.32 Å². The molecule has 1 aromatic carbocycles. The molecule has 0 atom stereocenters. The van der Waals surface area contributed by atoms with Crippen LogP contribution in [0.15, 0.2) is 52.5 Å². The highest BCUT2D eigenvalue weighted by atomic mass is 32.2. The Balaban J connectivity index is 2.34. The summed E-state index contributed by atoms with van der Waals surface area (Å²) in [6.07, 6.45) is 2.59. The normalized spacial score (nSPS) is 10.2. The number of nitrogens with zero attached hydrogens (tertiary/aromatic N) is 2. The van der Waals surface area contributed by atoms with Gasteiger partial charge in [-0.2, -0.15) is 0 Å². The zero-order chi connectivity index (χ0) is 14.4. The summed E-state index contributed by atoms with van der Waals surface area (Å²) in [7, 11) is 0.